The summed E-state index contributed by atoms with van der Waals surface area (Å²) in [5, 5.41) is 7.13. The lowest BCUT2D eigenvalue weighted by atomic mass is 9.98. The molecule has 1 saturated heterocycles. The van der Waals surface area contributed by atoms with Crippen LogP contribution in [0.5, 0.6) is 11.5 Å². The third-order valence-electron chi connectivity index (χ3n) is 5.41. The van der Waals surface area contributed by atoms with Gasteiger partial charge in [0, 0.05) is 37.6 Å². The topological polar surface area (TPSA) is 103 Å². The number of hydrogen-bond acceptors (Lipinski definition) is 6. The molecule has 1 N–H and O–H groups in total. The van der Waals surface area contributed by atoms with E-state index < -0.39 is 15.9 Å². The SMILES string of the molecule is CCn1cc(S(=O)(=O)N2CCC[C@@H](C(=O)Nc3ccc4c(c3)OCCO4)C2)c(C)n1. The number of sulfonamides is 1. The molecule has 0 unspecified atom stereocenters. The Morgan fingerprint density at radius 3 is 2.77 bits per heavy atom. The van der Waals surface area contributed by atoms with Crippen LogP contribution in [0.1, 0.15) is 25.5 Å². The van der Waals surface area contributed by atoms with Crippen molar-refractivity contribution in [2.45, 2.75) is 38.1 Å². The Morgan fingerprint density at radius 1 is 1.27 bits per heavy atom. The second-order valence-corrected chi connectivity index (χ2v) is 9.39. The fraction of sp³-hybridized carbons (Fsp3) is 0.500. The van der Waals surface area contributed by atoms with Crippen molar-refractivity contribution in [1.82, 2.24) is 14.1 Å². The zero-order chi connectivity index (χ0) is 21.3. The van der Waals surface area contributed by atoms with Crippen molar-refractivity contribution >= 4 is 21.6 Å². The van der Waals surface area contributed by atoms with Gasteiger partial charge in [-0.1, -0.05) is 0 Å². The van der Waals surface area contributed by atoms with Crippen molar-refractivity contribution in [2.24, 2.45) is 5.92 Å². The van der Waals surface area contributed by atoms with Crippen LogP contribution in [-0.2, 0) is 21.4 Å². The fourth-order valence-electron chi connectivity index (χ4n) is 3.79. The Kier molecular flexibility index (Phi) is 5.70. The number of carbonyl (C=O) groups is 1. The van der Waals surface area contributed by atoms with E-state index in [2.05, 4.69) is 10.4 Å². The molecule has 2 aromatic rings. The number of aromatic nitrogens is 2. The van der Waals surface area contributed by atoms with Crippen LogP contribution in [-0.4, -0.2) is 54.7 Å². The minimum Gasteiger partial charge on any atom is -0.486 e. The summed E-state index contributed by atoms with van der Waals surface area (Å²) in [5.41, 5.74) is 1.07. The monoisotopic (exact) mass is 434 g/mol. The largest absolute Gasteiger partial charge is 0.486 e. The van der Waals surface area contributed by atoms with E-state index in [4.69, 9.17) is 9.47 Å². The quantitative estimate of drug-likeness (QED) is 0.772. The van der Waals surface area contributed by atoms with Crippen molar-refractivity contribution in [2.75, 3.05) is 31.6 Å². The van der Waals surface area contributed by atoms with Crippen molar-refractivity contribution in [3.8, 4) is 11.5 Å². The van der Waals surface area contributed by atoms with Gasteiger partial charge < -0.3 is 14.8 Å². The number of nitrogens with zero attached hydrogens (tertiary/aromatic N) is 3. The van der Waals surface area contributed by atoms with E-state index in [0.29, 0.717) is 62.0 Å². The van der Waals surface area contributed by atoms with Crippen molar-refractivity contribution < 1.29 is 22.7 Å². The standard InChI is InChI=1S/C20H26N4O5S/c1-3-23-13-19(14(2)22-23)30(26,27)24-8-4-5-15(12-24)20(25)21-16-6-7-17-18(11-16)29-10-9-28-17/h6-7,11,13,15H,3-5,8-10,12H2,1-2H3,(H,21,25)/t15-/m1/s1. The van der Waals surface area contributed by atoms with E-state index in [1.807, 2.05) is 6.92 Å². The molecule has 1 aromatic heterocycles. The molecule has 0 saturated carbocycles. The molecule has 30 heavy (non-hydrogen) atoms. The average molecular weight is 435 g/mol. The Balaban J connectivity index is 1.47. The summed E-state index contributed by atoms with van der Waals surface area (Å²) in [6.07, 6.45) is 2.82. The Morgan fingerprint density at radius 2 is 2.03 bits per heavy atom. The Hall–Kier alpha value is -2.59. The van der Waals surface area contributed by atoms with Gasteiger partial charge >= 0.3 is 0 Å². The number of ether oxygens (including phenoxy) is 2. The maximum absolute atomic E-state index is 13.1. The highest BCUT2D eigenvalue weighted by Gasteiger charge is 2.35. The predicted octanol–water partition coefficient (Wildman–Crippen LogP) is 2.02. The summed E-state index contributed by atoms with van der Waals surface area (Å²) in [6.45, 7) is 5.70. The van der Waals surface area contributed by atoms with E-state index in [-0.39, 0.29) is 17.3 Å². The molecule has 9 nitrogen and oxygen atoms in total. The first-order valence-corrected chi connectivity index (χ1v) is 11.6. The fourth-order valence-corrected chi connectivity index (χ4v) is 5.49. The first kappa shape index (κ1) is 20.7. The molecule has 0 bridgehead atoms. The van der Waals surface area contributed by atoms with Crippen LogP contribution >= 0.6 is 0 Å². The lowest BCUT2D eigenvalue weighted by Crippen LogP contribution is -2.43. The first-order valence-electron chi connectivity index (χ1n) is 10.1. The third kappa shape index (κ3) is 4.01. The molecule has 0 spiro atoms. The van der Waals surface area contributed by atoms with Crippen LogP contribution < -0.4 is 14.8 Å². The molecule has 2 aliphatic rings. The minimum atomic E-state index is -3.70. The van der Waals surface area contributed by atoms with Crippen LogP contribution in [0, 0.1) is 12.8 Å². The van der Waals surface area contributed by atoms with Gasteiger partial charge in [-0.2, -0.15) is 9.40 Å². The summed E-state index contributed by atoms with van der Waals surface area (Å²) < 4.78 is 40.3. The maximum atomic E-state index is 13.1. The third-order valence-corrected chi connectivity index (χ3v) is 7.38. The smallest absolute Gasteiger partial charge is 0.246 e. The number of hydrogen-bond donors (Lipinski definition) is 1. The van der Waals surface area contributed by atoms with E-state index in [1.165, 1.54) is 4.31 Å². The molecule has 4 rings (SSSR count). The summed E-state index contributed by atoms with van der Waals surface area (Å²) in [7, 11) is -3.70. The van der Waals surface area contributed by atoms with Crippen LogP contribution in [0.2, 0.25) is 0 Å². The first-order chi connectivity index (χ1) is 14.4. The van der Waals surface area contributed by atoms with Gasteiger partial charge in [-0.25, -0.2) is 8.42 Å². The van der Waals surface area contributed by atoms with Crippen molar-refractivity contribution in [3.63, 3.8) is 0 Å². The molecule has 2 aliphatic heterocycles. The molecule has 0 aliphatic carbocycles. The molecule has 0 radical (unpaired) electrons. The molecule has 10 heteroatoms. The summed E-state index contributed by atoms with van der Waals surface area (Å²) >= 11 is 0. The van der Waals surface area contributed by atoms with Crippen LogP contribution in [0.4, 0.5) is 5.69 Å². The van der Waals surface area contributed by atoms with Gasteiger partial charge in [-0.15, -0.1) is 0 Å². The Bertz CT molecular complexity index is 1050. The molecule has 1 atom stereocenters. The van der Waals surface area contributed by atoms with E-state index in [1.54, 1.807) is 36.0 Å². The molecule has 1 aromatic carbocycles. The summed E-state index contributed by atoms with van der Waals surface area (Å²) in [5.74, 6) is 0.614. The number of aryl methyl sites for hydroxylation is 2. The van der Waals surface area contributed by atoms with Gasteiger partial charge in [0.1, 0.15) is 18.1 Å². The van der Waals surface area contributed by atoms with Crippen LogP contribution in [0.3, 0.4) is 0 Å². The number of rotatable bonds is 5. The molecular weight excluding hydrogens is 408 g/mol. The molecule has 1 fully saturated rings. The molecule has 1 amide bonds. The lowest BCUT2D eigenvalue weighted by molar-refractivity contribution is -0.120. The normalized spacial score (nSPS) is 19.5. The average Bonchev–Trinajstić information content (AvgIpc) is 3.15. The zero-order valence-electron chi connectivity index (χ0n) is 17.1. The van der Waals surface area contributed by atoms with Crippen molar-refractivity contribution in [1.29, 1.82) is 0 Å². The minimum absolute atomic E-state index is 0.148. The number of carbonyl (C=O) groups excluding carboxylic acids is 1. The number of anilines is 1. The molecular formula is C20H26N4O5S. The number of amides is 1. The summed E-state index contributed by atoms with van der Waals surface area (Å²) in [4.78, 5) is 13.0. The second kappa shape index (κ2) is 8.27. The number of fused-ring (bicyclic) bond motifs is 1. The lowest BCUT2D eigenvalue weighted by Gasteiger charge is -2.31. The summed E-state index contributed by atoms with van der Waals surface area (Å²) in [6, 6.07) is 5.24. The van der Waals surface area contributed by atoms with Gasteiger partial charge in [0.05, 0.1) is 11.6 Å². The van der Waals surface area contributed by atoms with Crippen LogP contribution in [0.25, 0.3) is 0 Å². The van der Waals surface area contributed by atoms with Gasteiger partial charge in [-0.3, -0.25) is 9.48 Å². The van der Waals surface area contributed by atoms with Crippen molar-refractivity contribution in [3.05, 3.63) is 30.1 Å². The zero-order valence-corrected chi connectivity index (χ0v) is 17.9. The van der Waals surface area contributed by atoms with Gasteiger partial charge in [0.2, 0.25) is 15.9 Å². The number of benzene rings is 1. The van der Waals surface area contributed by atoms with E-state index in [0.717, 1.165) is 0 Å². The maximum Gasteiger partial charge on any atom is 0.246 e. The van der Waals surface area contributed by atoms with E-state index >= 15 is 0 Å². The van der Waals surface area contributed by atoms with Crippen LogP contribution in [0.15, 0.2) is 29.3 Å². The highest BCUT2D eigenvalue weighted by molar-refractivity contribution is 7.89. The second-order valence-electron chi connectivity index (χ2n) is 7.48. The van der Waals surface area contributed by atoms with Gasteiger partial charge in [-0.05, 0) is 38.8 Å². The Labute approximate surface area is 176 Å². The number of piperidine rings is 1. The highest BCUT2D eigenvalue weighted by Crippen LogP contribution is 2.33. The number of nitrogens with one attached hydrogen (secondary N) is 1. The van der Waals surface area contributed by atoms with Gasteiger partial charge in [0.15, 0.2) is 11.5 Å². The van der Waals surface area contributed by atoms with E-state index in [9.17, 15) is 13.2 Å². The highest BCUT2D eigenvalue weighted by atomic mass is 32.2. The molecule has 162 valence electrons. The molecule has 3 heterocycles. The van der Waals surface area contributed by atoms with Gasteiger partial charge in [0.25, 0.3) is 0 Å². The predicted molar refractivity (Wildman–Crippen MR) is 110 cm³/mol.